The van der Waals surface area contributed by atoms with Crippen molar-refractivity contribution >= 4 is 17.6 Å². The normalized spacial score (nSPS) is 11.6. The Labute approximate surface area is 141 Å². The van der Waals surface area contributed by atoms with Crippen molar-refractivity contribution in [2.45, 2.75) is 13.0 Å². The molecule has 0 aromatic heterocycles. The summed E-state index contributed by atoms with van der Waals surface area (Å²) in [6.07, 6.45) is -1.33. The molecule has 2 rings (SSSR count). The predicted octanol–water partition coefficient (Wildman–Crippen LogP) is 3.30. The van der Waals surface area contributed by atoms with Crippen LogP contribution in [-0.2, 0) is 9.53 Å². The molecule has 25 heavy (non-hydrogen) atoms. The average Bonchev–Trinajstić information content (AvgIpc) is 2.56. The first-order valence-corrected chi connectivity index (χ1v) is 7.12. The lowest BCUT2D eigenvalue weighted by atomic mass is 10.2. The molecule has 0 spiro atoms. The van der Waals surface area contributed by atoms with Gasteiger partial charge >= 0.3 is 5.97 Å². The maximum absolute atomic E-state index is 13.8. The molecule has 1 amide bonds. The number of rotatable bonds is 5. The number of amides is 1. The highest BCUT2D eigenvalue weighted by molar-refractivity contribution is 5.97. The second-order valence-electron chi connectivity index (χ2n) is 5.01. The molecule has 5 nitrogen and oxygen atoms in total. The van der Waals surface area contributed by atoms with Gasteiger partial charge in [-0.05, 0) is 31.2 Å². The zero-order chi connectivity index (χ0) is 18.6. The smallest absolute Gasteiger partial charge is 0.341 e. The molecule has 0 saturated heterocycles. The number of carbonyl (C=O) groups excluding carboxylic acids is 2. The van der Waals surface area contributed by atoms with Crippen molar-refractivity contribution in [3.05, 3.63) is 59.4 Å². The predicted molar refractivity (Wildman–Crippen MR) is 82.8 cm³/mol. The molecule has 8 heteroatoms. The van der Waals surface area contributed by atoms with Crippen molar-refractivity contribution in [3.8, 4) is 5.75 Å². The van der Waals surface area contributed by atoms with E-state index in [0.29, 0.717) is 6.07 Å². The summed E-state index contributed by atoms with van der Waals surface area (Å²) in [6.45, 7) is 1.23. The first kappa shape index (κ1) is 18.3. The number of hydrogen-bond acceptors (Lipinski definition) is 4. The average molecular weight is 353 g/mol. The zero-order valence-electron chi connectivity index (χ0n) is 13.3. The minimum atomic E-state index is -1.33. The van der Waals surface area contributed by atoms with E-state index in [0.717, 1.165) is 24.3 Å². The summed E-state index contributed by atoms with van der Waals surface area (Å²) in [5.41, 5.74) is -0.654. The van der Waals surface area contributed by atoms with Gasteiger partial charge in [-0.1, -0.05) is 0 Å². The summed E-state index contributed by atoms with van der Waals surface area (Å²) in [6, 6.07) is 6.09. The van der Waals surface area contributed by atoms with Crippen LogP contribution >= 0.6 is 0 Å². The fraction of sp³-hybridized carbons (Fsp3) is 0.176. The van der Waals surface area contributed by atoms with Crippen LogP contribution in [-0.4, -0.2) is 25.1 Å². The molecule has 0 aliphatic carbocycles. The maximum Gasteiger partial charge on any atom is 0.341 e. The lowest BCUT2D eigenvalue weighted by molar-refractivity contribution is -0.123. The fourth-order valence-corrected chi connectivity index (χ4v) is 1.89. The van der Waals surface area contributed by atoms with Crippen molar-refractivity contribution < 1.29 is 32.2 Å². The molecule has 0 radical (unpaired) electrons. The van der Waals surface area contributed by atoms with Crippen LogP contribution in [0.1, 0.15) is 17.3 Å². The van der Waals surface area contributed by atoms with E-state index in [2.05, 4.69) is 5.32 Å². The third-order valence-electron chi connectivity index (χ3n) is 3.24. The molecular formula is C17H14F3NO4. The van der Waals surface area contributed by atoms with E-state index < -0.39 is 35.4 Å². The number of nitrogens with one attached hydrogen (secondary N) is 1. The van der Waals surface area contributed by atoms with Gasteiger partial charge in [0.1, 0.15) is 23.2 Å². The summed E-state index contributed by atoms with van der Waals surface area (Å²) in [5.74, 6) is -4.36. The van der Waals surface area contributed by atoms with Crippen molar-refractivity contribution in [2.24, 2.45) is 0 Å². The summed E-state index contributed by atoms with van der Waals surface area (Å²) < 4.78 is 49.8. The summed E-state index contributed by atoms with van der Waals surface area (Å²) in [4.78, 5) is 23.9. The number of ether oxygens (including phenoxy) is 2. The summed E-state index contributed by atoms with van der Waals surface area (Å²) in [7, 11) is 1.34. The Morgan fingerprint density at radius 2 is 1.76 bits per heavy atom. The van der Waals surface area contributed by atoms with Gasteiger partial charge < -0.3 is 14.8 Å². The largest absolute Gasteiger partial charge is 0.497 e. The number of carbonyl (C=O) groups is 2. The SMILES string of the molecule is COc1ccc(C(=O)O[C@@H](C)C(=O)Nc2ccc(F)cc2F)c(F)c1. The van der Waals surface area contributed by atoms with Gasteiger partial charge in [-0.3, -0.25) is 4.79 Å². The van der Waals surface area contributed by atoms with Gasteiger partial charge in [-0.25, -0.2) is 18.0 Å². The van der Waals surface area contributed by atoms with Crippen LogP contribution in [0.15, 0.2) is 36.4 Å². The molecule has 0 heterocycles. The van der Waals surface area contributed by atoms with E-state index >= 15 is 0 Å². The van der Waals surface area contributed by atoms with Crippen LogP contribution in [0.25, 0.3) is 0 Å². The van der Waals surface area contributed by atoms with Crippen LogP contribution in [0, 0.1) is 17.5 Å². The van der Waals surface area contributed by atoms with Gasteiger partial charge in [0.05, 0.1) is 18.4 Å². The second-order valence-corrected chi connectivity index (χ2v) is 5.01. The van der Waals surface area contributed by atoms with E-state index in [-0.39, 0.29) is 17.0 Å². The molecule has 1 atom stereocenters. The van der Waals surface area contributed by atoms with Gasteiger partial charge in [0, 0.05) is 12.1 Å². The van der Waals surface area contributed by atoms with Gasteiger partial charge in [-0.15, -0.1) is 0 Å². The Morgan fingerprint density at radius 3 is 2.36 bits per heavy atom. The van der Waals surface area contributed by atoms with E-state index in [9.17, 15) is 22.8 Å². The number of methoxy groups -OCH3 is 1. The number of hydrogen-bond donors (Lipinski definition) is 1. The molecule has 0 fully saturated rings. The van der Waals surface area contributed by atoms with Crippen LogP contribution in [0.4, 0.5) is 18.9 Å². The molecule has 1 N–H and O–H groups in total. The highest BCUT2D eigenvalue weighted by atomic mass is 19.1. The van der Waals surface area contributed by atoms with Gasteiger partial charge in [0.25, 0.3) is 5.91 Å². The van der Waals surface area contributed by atoms with E-state index in [1.54, 1.807) is 0 Å². The molecule has 0 aliphatic heterocycles. The van der Waals surface area contributed by atoms with E-state index in [1.807, 2.05) is 0 Å². The zero-order valence-corrected chi connectivity index (χ0v) is 13.3. The van der Waals surface area contributed by atoms with E-state index in [4.69, 9.17) is 9.47 Å². The van der Waals surface area contributed by atoms with Crippen LogP contribution < -0.4 is 10.1 Å². The van der Waals surface area contributed by atoms with Crippen LogP contribution in [0.2, 0.25) is 0 Å². The first-order chi connectivity index (χ1) is 11.8. The Hall–Kier alpha value is -3.03. The maximum atomic E-state index is 13.8. The molecule has 2 aromatic carbocycles. The molecule has 132 valence electrons. The molecular weight excluding hydrogens is 339 g/mol. The van der Waals surface area contributed by atoms with Crippen molar-refractivity contribution in [1.82, 2.24) is 0 Å². The molecule has 2 aromatic rings. The Balaban J connectivity index is 2.04. The topological polar surface area (TPSA) is 64.6 Å². The van der Waals surface area contributed by atoms with Crippen molar-refractivity contribution in [1.29, 1.82) is 0 Å². The monoisotopic (exact) mass is 353 g/mol. The number of halogens is 3. The first-order valence-electron chi connectivity index (χ1n) is 7.12. The lowest BCUT2D eigenvalue weighted by Crippen LogP contribution is -2.30. The van der Waals surface area contributed by atoms with Gasteiger partial charge in [0.15, 0.2) is 6.10 Å². The third-order valence-corrected chi connectivity index (χ3v) is 3.24. The third kappa shape index (κ3) is 4.50. The van der Waals surface area contributed by atoms with Crippen LogP contribution in [0.5, 0.6) is 5.75 Å². The number of anilines is 1. The Morgan fingerprint density at radius 1 is 1.04 bits per heavy atom. The fourth-order valence-electron chi connectivity index (χ4n) is 1.89. The molecule has 0 bridgehead atoms. The minimum Gasteiger partial charge on any atom is -0.497 e. The highest BCUT2D eigenvalue weighted by Crippen LogP contribution is 2.18. The van der Waals surface area contributed by atoms with Crippen molar-refractivity contribution in [3.63, 3.8) is 0 Å². The quantitative estimate of drug-likeness (QED) is 0.838. The van der Waals surface area contributed by atoms with E-state index in [1.165, 1.54) is 20.1 Å². The van der Waals surface area contributed by atoms with Gasteiger partial charge in [-0.2, -0.15) is 0 Å². The van der Waals surface area contributed by atoms with Crippen LogP contribution in [0.3, 0.4) is 0 Å². The number of esters is 1. The number of benzene rings is 2. The summed E-state index contributed by atoms with van der Waals surface area (Å²) in [5, 5.41) is 2.16. The second kappa shape index (κ2) is 7.69. The Bertz CT molecular complexity index is 810. The van der Waals surface area contributed by atoms with Gasteiger partial charge in [0.2, 0.25) is 0 Å². The Kier molecular flexibility index (Phi) is 5.63. The van der Waals surface area contributed by atoms with Crippen molar-refractivity contribution in [2.75, 3.05) is 12.4 Å². The molecule has 0 aliphatic rings. The minimum absolute atomic E-state index is 0.214. The highest BCUT2D eigenvalue weighted by Gasteiger charge is 2.22. The summed E-state index contributed by atoms with van der Waals surface area (Å²) >= 11 is 0. The standard InChI is InChI=1S/C17H14F3NO4/c1-9(16(22)21-15-6-3-10(18)7-14(15)20)25-17(23)12-5-4-11(24-2)8-13(12)19/h3-9H,1-2H3,(H,21,22)/t9-/m0/s1. The molecule has 0 saturated carbocycles. The molecule has 0 unspecified atom stereocenters. The lowest BCUT2D eigenvalue weighted by Gasteiger charge is -2.14.